The van der Waals surface area contributed by atoms with E-state index in [1.54, 1.807) is 42.5 Å². The van der Waals surface area contributed by atoms with Crippen molar-refractivity contribution >= 4 is 46.4 Å². The lowest BCUT2D eigenvalue weighted by atomic mass is 10.2. The SMILES string of the molecule is CCOc1ccc(NC(=O)CCN(C(C)=O)c2ccc(Cl)cc2Cl)cc1. The zero-order chi connectivity index (χ0) is 19.1. The molecule has 0 atom stereocenters. The largest absolute Gasteiger partial charge is 0.494 e. The highest BCUT2D eigenvalue weighted by atomic mass is 35.5. The molecular formula is C19H20Cl2N2O3. The van der Waals surface area contributed by atoms with Gasteiger partial charge in [-0.3, -0.25) is 9.59 Å². The fraction of sp³-hybridized carbons (Fsp3) is 0.263. The van der Waals surface area contributed by atoms with E-state index in [0.29, 0.717) is 28.0 Å². The summed E-state index contributed by atoms with van der Waals surface area (Å²) in [5.41, 5.74) is 1.19. The van der Waals surface area contributed by atoms with Crippen molar-refractivity contribution in [1.82, 2.24) is 0 Å². The van der Waals surface area contributed by atoms with Crippen molar-refractivity contribution in [2.24, 2.45) is 0 Å². The van der Waals surface area contributed by atoms with Crippen molar-refractivity contribution in [3.8, 4) is 5.75 Å². The highest BCUT2D eigenvalue weighted by molar-refractivity contribution is 6.36. The van der Waals surface area contributed by atoms with Crippen molar-refractivity contribution in [1.29, 1.82) is 0 Å². The fourth-order valence-electron chi connectivity index (χ4n) is 2.39. The Kier molecular flexibility index (Phi) is 7.30. The van der Waals surface area contributed by atoms with Crippen molar-refractivity contribution in [2.45, 2.75) is 20.3 Å². The van der Waals surface area contributed by atoms with E-state index in [1.807, 2.05) is 6.92 Å². The summed E-state index contributed by atoms with van der Waals surface area (Å²) in [6, 6.07) is 12.0. The van der Waals surface area contributed by atoms with Gasteiger partial charge in [0, 0.05) is 30.6 Å². The Bertz CT molecular complexity index is 779. The number of rotatable bonds is 7. The fourth-order valence-corrected chi connectivity index (χ4v) is 2.90. The Labute approximate surface area is 162 Å². The van der Waals surface area contributed by atoms with Crippen LogP contribution in [0.2, 0.25) is 10.0 Å². The van der Waals surface area contributed by atoms with Crippen LogP contribution >= 0.6 is 23.2 Å². The molecule has 0 unspecified atom stereocenters. The average molecular weight is 395 g/mol. The summed E-state index contributed by atoms with van der Waals surface area (Å²) in [5, 5.41) is 3.64. The van der Waals surface area contributed by atoms with Gasteiger partial charge in [0.25, 0.3) is 0 Å². The Hall–Kier alpha value is -2.24. The summed E-state index contributed by atoms with van der Waals surface area (Å²) in [4.78, 5) is 25.6. The number of carbonyl (C=O) groups excluding carboxylic acids is 2. The summed E-state index contributed by atoms with van der Waals surface area (Å²) >= 11 is 12.1. The summed E-state index contributed by atoms with van der Waals surface area (Å²) in [6.45, 7) is 4.12. The topological polar surface area (TPSA) is 58.6 Å². The van der Waals surface area contributed by atoms with Gasteiger partial charge < -0.3 is 15.0 Å². The number of ether oxygens (including phenoxy) is 1. The van der Waals surface area contributed by atoms with Crippen molar-refractivity contribution < 1.29 is 14.3 Å². The van der Waals surface area contributed by atoms with E-state index in [1.165, 1.54) is 11.8 Å². The van der Waals surface area contributed by atoms with Gasteiger partial charge in [0.15, 0.2) is 0 Å². The van der Waals surface area contributed by atoms with Crippen LogP contribution in [0.4, 0.5) is 11.4 Å². The maximum Gasteiger partial charge on any atom is 0.226 e. The lowest BCUT2D eigenvalue weighted by Gasteiger charge is -2.22. The molecule has 2 rings (SSSR count). The molecular weight excluding hydrogens is 375 g/mol. The van der Waals surface area contributed by atoms with Gasteiger partial charge in [-0.25, -0.2) is 0 Å². The standard InChI is InChI=1S/C19H20Cl2N2O3/c1-3-26-16-7-5-15(6-8-16)22-19(25)10-11-23(13(2)24)18-9-4-14(20)12-17(18)21/h4-9,12H,3,10-11H2,1-2H3,(H,22,25). The van der Waals surface area contributed by atoms with Crippen LogP contribution in [0, 0.1) is 0 Å². The van der Waals surface area contributed by atoms with Crippen LogP contribution in [-0.2, 0) is 9.59 Å². The molecule has 0 radical (unpaired) electrons. The summed E-state index contributed by atoms with van der Waals surface area (Å²) in [5.74, 6) is 0.333. The Morgan fingerprint density at radius 3 is 2.38 bits per heavy atom. The van der Waals surface area contributed by atoms with Crippen LogP contribution in [-0.4, -0.2) is 25.0 Å². The van der Waals surface area contributed by atoms with Gasteiger partial charge >= 0.3 is 0 Å². The molecule has 2 amide bonds. The van der Waals surface area contributed by atoms with Gasteiger partial charge in [0.1, 0.15) is 5.75 Å². The molecule has 0 aliphatic heterocycles. The predicted molar refractivity (Wildman–Crippen MR) is 105 cm³/mol. The van der Waals surface area contributed by atoms with Gasteiger partial charge in [0.2, 0.25) is 11.8 Å². The predicted octanol–water partition coefficient (Wildman–Crippen LogP) is 4.77. The number of amides is 2. The van der Waals surface area contributed by atoms with Crippen molar-refractivity contribution in [3.05, 3.63) is 52.5 Å². The van der Waals surface area contributed by atoms with Gasteiger partial charge in [-0.1, -0.05) is 23.2 Å². The molecule has 1 N–H and O–H groups in total. The summed E-state index contributed by atoms with van der Waals surface area (Å²) < 4.78 is 5.36. The van der Waals surface area contributed by atoms with Crippen LogP contribution < -0.4 is 15.0 Å². The zero-order valence-electron chi connectivity index (χ0n) is 14.6. The van der Waals surface area contributed by atoms with Crippen LogP contribution in [0.1, 0.15) is 20.3 Å². The highest BCUT2D eigenvalue weighted by Gasteiger charge is 2.16. The number of benzene rings is 2. The number of nitrogens with one attached hydrogen (secondary N) is 1. The lowest BCUT2D eigenvalue weighted by molar-refractivity contribution is -0.117. The number of hydrogen-bond donors (Lipinski definition) is 1. The van der Waals surface area contributed by atoms with Crippen LogP contribution in [0.15, 0.2) is 42.5 Å². The second-order valence-corrected chi connectivity index (χ2v) is 6.37. The number of anilines is 2. The first-order valence-electron chi connectivity index (χ1n) is 8.16. The molecule has 2 aromatic carbocycles. The zero-order valence-corrected chi connectivity index (χ0v) is 16.1. The van der Waals surface area contributed by atoms with Gasteiger partial charge in [-0.2, -0.15) is 0 Å². The third-order valence-corrected chi connectivity index (χ3v) is 4.13. The maximum atomic E-state index is 12.2. The molecule has 5 nitrogen and oxygen atoms in total. The molecule has 7 heteroatoms. The number of halogens is 2. The molecule has 26 heavy (non-hydrogen) atoms. The van der Waals surface area contributed by atoms with E-state index >= 15 is 0 Å². The smallest absolute Gasteiger partial charge is 0.226 e. The minimum absolute atomic E-state index is 0.131. The van der Waals surface area contributed by atoms with E-state index in [-0.39, 0.29) is 24.8 Å². The minimum Gasteiger partial charge on any atom is -0.494 e. The number of nitrogens with zero attached hydrogens (tertiary/aromatic N) is 1. The Morgan fingerprint density at radius 1 is 1.12 bits per heavy atom. The van der Waals surface area contributed by atoms with Crippen molar-refractivity contribution in [3.63, 3.8) is 0 Å². The van der Waals surface area contributed by atoms with E-state index in [2.05, 4.69) is 5.32 Å². The van der Waals surface area contributed by atoms with Gasteiger partial charge in [-0.05, 0) is 49.4 Å². The molecule has 0 aliphatic carbocycles. The van der Waals surface area contributed by atoms with Crippen LogP contribution in [0.3, 0.4) is 0 Å². The number of carbonyl (C=O) groups is 2. The first kappa shape index (κ1) is 20.1. The quantitative estimate of drug-likeness (QED) is 0.735. The third kappa shape index (κ3) is 5.64. The highest BCUT2D eigenvalue weighted by Crippen LogP contribution is 2.29. The Balaban J connectivity index is 1.98. The first-order chi connectivity index (χ1) is 12.4. The van der Waals surface area contributed by atoms with E-state index in [0.717, 1.165) is 5.75 Å². The molecule has 0 spiro atoms. The van der Waals surface area contributed by atoms with Gasteiger partial charge in [0.05, 0.1) is 17.3 Å². The monoisotopic (exact) mass is 394 g/mol. The van der Waals surface area contributed by atoms with E-state index in [9.17, 15) is 9.59 Å². The van der Waals surface area contributed by atoms with Crippen LogP contribution in [0.5, 0.6) is 5.75 Å². The first-order valence-corrected chi connectivity index (χ1v) is 8.92. The second-order valence-electron chi connectivity index (χ2n) is 5.52. The molecule has 0 saturated carbocycles. The maximum absolute atomic E-state index is 12.2. The summed E-state index contributed by atoms with van der Waals surface area (Å²) in [6.07, 6.45) is 0.131. The molecule has 0 aliphatic rings. The second kappa shape index (κ2) is 9.46. The average Bonchev–Trinajstić information content (AvgIpc) is 2.58. The van der Waals surface area contributed by atoms with Gasteiger partial charge in [-0.15, -0.1) is 0 Å². The Morgan fingerprint density at radius 2 is 1.81 bits per heavy atom. The molecule has 0 saturated heterocycles. The number of hydrogen-bond acceptors (Lipinski definition) is 3. The van der Waals surface area contributed by atoms with E-state index in [4.69, 9.17) is 27.9 Å². The minimum atomic E-state index is -0.205. The molecule has 138 valence electrons. The third-order valence-electron chi connectivity index (χ3n) is 3.59. The normalized spacial score (nSPS) is 10.3. The molecule has 0 fully saturated rings. The summed E-state index contributed by atoms with van der Waals surface area (Å²) in [7, 11) is 0. The molecule has 0 bridgehead atoms. The molecule has 0 heterocycles. The van der Waals surface area contributed by atoms with Crippen LogP contribution in [0.25, 0.3) is 0 Å². The van der Waals surface area contributed by atoms with Crippen molar-refractivity contribution in [2.75, 3.05) is 23.4 Å². The van der Waals surface area contributed by atoms with E-state index < -0.39 is 0 Å². The lowest BCUT2D eigenvalue weighted by Crippen LogP contribution is -2.32. The molecule has 0 aromatic heterocycles. The molecule has 2 aromatic rings.